The number of hydrogen-bond donors (Lipinski definition) is 1. The highest BCUT2D eigenvalue weighted by atomic mass is 35.5. The van der Waals surface area contributed by atoms with Crippen molar-refractivity contribution >= 4 is 12.4 Å². The van der Waals surface area contributed by atoms with E-state index >= 15 is 0 Å². The van der Waals surface area contributed by atoms with Crippen molar-refractivity contribution in [3.05, 3.63) is 0 Å². The Morgan fingerprint density at radius 3 is 1.93 bits per heavy atom. The third-order valence-electron chi connectivity index (χ3n) is 3.61. The smallest absolute Gasteiger partial charge is 0.168 e. The minimum absolute atomic E-state index is 0. The average Bonchev–Trinajstić information content (AvgIpc) is 2.91. The Kier molecular flexibility index (Phi) is 3.56. The summed E-state index contributed by atoms with van der Waals surface area (Å²) < 4.78 is 11.4. The summed E-state index contributed by atoms with van der Waals surface area (Å²) in [7, 11) is 0. The topological polar surface area (TPSA) is 30.5 Å². The quantitative estimate of drug-likeness (QED) is 0.790. The SMILES string of the molecule is C1COC2(CCC(NC3CC3)CC2)O1.Cl. The van der Waals surface area contributed by atoms with Crippen molar-refractivity contribution in [3.8, 4) is 0 Å². The van der Waals surface area contributed by atoms with E-state index in [0.717, 1.165) is 38.1 Å². The van der Waals surface area contributed by atoms with E-state index in [1.165, 1.54) is 25.7 Å². The molecule has 1 saturated heterocycles. The van der Waals surface area contributed by atoms with Crippen LogP contribution >= 0.6 is 12.4 Å². The molecule has 1 spiro atoms. The summed E-state index contributed by atoms with van der Waals surface area (Å²) in [5.41, 5.74) is 0. The van der Waals surface area contributed by atoms with Crippen LogP contribution in [0.15, 0.2) is 0 Å². The van der Waals surface area contributed by atoms with Crippen LogP contribution in [0.4, 0.5) is 0 Å². The zero-order valence-electron chi connectivity index (χ0n) is 9.04. The van der Waals surface area contributed by atoms with E-state index in [2.05, 4.69) is 5.32 Å². The number of hydrogen-bond acceptors (Lipinski definition) is 3. The highest BCUT2D eigenvalue weighted by molar-refractivity contribution is 5.85. The molecule has 1 aliphatic heterocycles. The van der Waals surface area contributed by atoms with Crippen molar-refractivity contribution in [1.29, 1.82) is 0 Å². The molecule has 1 N–H and O–H groups in total. The first kappa shape index (κ1) is 11.6. The van der Waals surface area contributed by atoms with Crippen LogP contribution < -0.4 is 5.32 Å². The first-order valence-corrected chi connectivity index (χ1v) is 5.90. The second-order valence-electron chi connectivity index (χ2n) is 4.82. The monoisotopic (exact) mass is 233 g/mol. The van der Waals surface area contributed by atoms with Gasteiger partial charge in [-0.3, -0.25) is 0 Å². The molecule has 88 valence electrons. The Hall–Kier alpha value is 0.170. The molecule has 3 aliphatic rings. The summed E-state index contributed by atoms with van der Waals surface area (Å²) in [6.07, 6.45) is 7.37. The maximum absolute atomic E-state index is 5.70. The Bertz CT molecular complexity index is 205. The lowest BCUT2D eigenvalue weighted by atomic mass is 9.90. The van der Waals surface area contributed by atoms with Gasteiger partial charge in [0.2, 0.25) is 0 Å². The fraction of sp³-hybridized carbons (Fsp3) is 1.00. The molecule has 3 rings (SSSR count). The van der Waals surface area contributed by atoms with E-state index in [-0.39, 0.29) is 18.2 Å². The molecule has 1 heterocycles. The summed E-state index contributed by atoms with van der Waals surface area (Å²) in [5.74, 6) is -0.179. The van der Waals surface area contributed by atoms with E-state index < -0.39 is 0 Å². The molecule has 0 aromatic heterocycles. The molecule has 0 atom stereocenters. The van der Waals surface area contributed by atoms with Crippen molar-refractivity contribution < 1.29 is 9.47 Å². The molecule has 0 unspecified atom stereocenters. The second kappa shape index (κ2) is 4.58. The third kappa shape index (κ3) is 2.64. The summed E-state index contributed by atoms with van der Waals surface area (Å²) in [5, 5.41) is 3.69. The van der Waals surface area contributed by atoms with Crippen LogP contribution in [0, 0.1) is 0 Å². The summed E-state index contributed by atoms with van der Waals surface area (Å²) in [4.78, 5) is 0. The third-order valence-corrected chi connectivity index (χ3v) is 3.61. The second-order valence-corrected chi connectivity index (χ2v) is 4.82. The fourth-order valence-corrected chi connectivity index (χ4v) is 2.59. The normalized spacial score (nSPS) is 30.4. The van der Waals surface area contributed by atoms with Crippen LogP contribution in [0.2, 0.25) is 0 Å². The Morgan fingerprint density at radius 1 is 0.867 bits per heavy atom. The van der Waals surface area contributed by atoms with Gasteiger partial charge in [-0.2, -0.15) is 0 Å². The molecule has 15 heavy (non-hydrogen) atoms. The summed E-state index contributed by atoms with van der Waals surface area (Å²) in [6.45, 7) is 1.58. The summed E-state index contributed by atoms with van der Waals surface area (Å²) in [6, 6.07) is 1.56. The Balaban J connectivity index is 0.000000853. The Labute approximate surface area is 97.3 Å². The van der Waals surface area contributed by atoms with Gasteiger partial charge in [0.25, 0.3) is 0 Å². The number of nitrogens with one attached hydrogen (secondary N) is 1. The van der Waals surface area contributed by atoms with Crippen molar-refractivity contribution in [2.24, 2.45) is 0 Å². The minimum Gasteiger partial charge on any atom is -0.348 e. The van der Waals surface area contributed by atoms with Crippen molar-refractivity contribution in [2.45, 2.75) is 56.4 Å². The number of ether oxygens (including phenoxy) is 2. The van der Waals surface area contributed by atoms with Crippen LogP contribution in [0.25, 0.3) is 0 Å². The van der Waals surface area contributed by atoms with Crippen molar-refractivity contribution in [1.82, 2.24) is 5.32 Å². The van der Waals surface area contributed by atoms with E-state index in [9.17, 15) is 0 Å². The van der Waals surface area contributed by atoms with Gasteiger partial charge >= 0.3 is 0 Å². The molecule has 0 aromatic rings. The molecule has 0 bridgehead atoms. The zero-order chi connectivity index (χ0) is 9.43. The maximum Gasteiger partial charge on any atom is 0.168 e. The van der Waals surface area contributed by atoms with Crippen LogP contribution in [0.3, 0.4) is 0 Å². The van der Waals surface area contributed by atoms with Crippen LogP contribution in [-0.2, 0) is 9.47 Å². The van der Waals surface area contributed by atoms with E-state index in [1.54, 1.807) is 0 Å². The number of halogens is 1. The maximum atomic E-state index is 5.70. The summed E-state index contributed by atoms with van der Waals surface area (Å²) >= 11 is 0. The first-order valence-electron chi connectivity index (χ1n) is 5.90. The van der Waals surface area contributed by atoms with Gasteiger partial charge < -0.3 is 14.8 Å². The van der Waals surface area contributed by atoms with Gasteiger partial charge in [0.15, 0.2) is 5.79 Å². The average molecular weight is 234 g/mol. The van der Waals surface area contributed by atoms with Crippen LogP contribution in [0.1, 0.15) is 38.5 Å². The molecule has 0 aromatic carbocycles. The highest BCUT2D eigenvalue weighted by Gasteiger charge is 2.41. The van der Waals surface area contributed by atoms with Crippen LogP contribution in [0.5, 0.6) is 0 Å². The molecule has 2 aliphatic carbocycles. The molecular weight excluding hydrogens is 214 g/mol. The van der Waals surface area contributed by atoms with Gasteiger partial charge in [0.05, 0.1) is 13.2 Å². The molecule has 0 radical (unpaired) electrons. The lowest BCUT2D eigenvalue weighted by molar-refractivity contribution is -0.179. The standard InChI is InChI=1S/C11H19NO2.ClH/c1-2-9(1)12-10-3-5-11(6-4-10)13-7-8-14-11;/h9-10,12H,1-8H2;1H. The molecule has 4 heteroatoms. The van der Waals surface area contributed by atoms with E-state index in [1.807, 2.05) is 0 Å². The highest BCUT2D eigenvalue weighted by Crippen LogP contribution is 2.36. The zero-order valence-corrected chi connectivity index (χ0v) is 9.85. The lowest BCUT2D eigenvalue weighted by Gasteiger charge is -2.35. The van der Waals surface area contributed by atoms with Crippen molar-refractivity contribution in [2.75, 3.05) is 13.2 Å². The van der Waals surface area contributed by atoms with Gasteiger partial charge in [0, 0.05) is 24.9 Å². The Morgan fingerprint density at radius 2 is 1.40 bits per heavy atom. The largest absolute Gasteiger partial charge is 0.348 e. The predicted molar refractivity (Wildman–Crippen MR) is 60.3 cm³/mol. The van der Waals surface area contributed by atoms with Gasteiger partial charge in [-0.05, 0) is 25.7 Å². The van der Waals surface area contributed by atoms with E-state index in [4.69, 9.17) is 9.47 Å². The first-order chi connectivity index (χ1) is 6.86. The fourth-order valence-electron chi connectivity index (χ4n) is 2.59. The molecule has 0 amide bonds. The van der Waals surface area contributed by atoms with E-state index in [0.29, 0.717) is 0 Å². The van der Waals surface area contributed by atoms with Gasteiger partial charge in [-0.15, -0.1) is 12.4 Å². The van der Waals surface area contributed by atoms with Gasteiger partial charge in [0.1, 0.15) is 0 Å². The molecule has 3 fully saturated rings. The molecule has 3 nitrogen and oxygen atoms in total. The van der Waals surface area contributed by atoms with Gasteiger partial charge in [-0.1, -0.05) is 0 Å². The minimum atomic E-state index is -0.179. The lowest BCUT2D eigenvalue weighted by Crippen LogP contribution is -2.42. The number of rotatable bonds is 2. The molecule has 2 saturated carbocycles. The molecular formula is C11H20ClNO2. The van der Waals surface area contributed by atoms with Gasteiger partial charge in [-0.25, -0.2) is 0 Å². The predicted octanol–water partition coefficient (Wildman–Crippen LogP) is 1.85. The van der Waals surface area contributed by atoms with Crippen LogP contribution in [-0.4, -0.2) is 31.1 Å². The van der Waals surface area contributed by atoms with Crippen molar-refractivity contribution in [3.63, 3.8) is 0 Å².